The predicted molar refractivity (Wildman–Crippen MR) is 119 cm³/mol. The molecule has 2 aromatic heterocycles. The van der Waals surface area contributed by atoms with E-state index < -0.39 is 0 Å². The summed E-state index contributed by atoms with van der Waals surface area (Å²) in [5.74, 6) is 6.35. The quantitative estimate of drug-likeness (QED) is 0.547. The predicted octanol–water partition coefficient (Wildman–Crippen LogP) is 5.33. The highest BCUT2D eigenvalue weighted by molar-refractivity contribution is 7.17. The van der Waals surface area contributed by atoms with E-state index in [1.807, 2.05) is 66.4 Å². The van der Waals surface area contributed by atoms with Gasteiger partial charge in [0.25, 0.3) is 5.91 Å². The van der Waals surface area contributed by atoms with E-state index in [2.05, 4.69) is 29.0 Å². The van der Waals surface area contributed by atoms with Gasteiger partial charge in [0, 0.05) is 23.7 Å². The van der Waals surface area contributed by atoms with Crippen molar-refractivity contribution in [2.45, 2.75) is 19.8 Å². The Morgan fingerprint density at radius 1 is 1.03 bits per heavy atom. The van der Waals surface area contributed by atoms with Crippen molar-refractivity contribution in [3.05, 3.63) is 88.6 Å². The molecule has 1 fully saturated rings. The van der Waals surface area contributed by atoms with E-state index in [1.54, 1.807) is 11.3 Å². The minimum absolute atomic E-state index is 0.131. The molecule has 3 nitrogen and oxygen atoms in total. The Balaban J connectivity index is 1.36. The standard InChI is InChI=1S/C25H22N2OS/c1-19-7-5-11-22(26-19)12-6-8-20-15-17-27(18-16-20)25(28)24-14-13-23(29-24)21-9-3-2-4-10-21/h2-5,7-11,13-14H,15-18H2,1H3. The molecule has 0 unspecified atom stereocenters. The summed E-state index contributed by atoms with van der Waals surface area (Å²) < 4.78 is 0. The van der Waals surface area contributed by atoms with Crippen molar-refractivity contribution in [3.63, 3.8) is 0 Å². The van der Waals surface area contributed by atoms with Crippen LogP contribution in [0.3, 0.4) is 0 Å². The number of amides is 1. The summed E-state index contributed by atoms with van der Waals surface area (Å²) in [6.07, 6.45) is 3.74. The van der Waals surface area contributed by atoms with Crippen LogP contribution in [-0.2, 0) is 0 Å². The van der Waals surface area contributed by atoms with E-state index in [4.69, 9.17) is 0 Å². The number of allylic oxidation sites excluding steroid dienone is 1. The molecule has 0 N–H and O–H groups in total. The summed E-state index contributed by atoms with van der Waals surface area (Å²) in [6.45, 7) is 3.45. The van der Waals surface area contributed by atoms with E-state index in [0.717, 1.165) is 52.6 Å². The van der Waals surface area contributed by atoms with Gasteiger partial charge in [-0.05, 0) is 61.6 Å². The minimum Gasteiger partial charge on any atom is -0.337 e. The van der Waals surface area contributed by atoms with Gasteiger partial charge in [-0.2, -0.15) is 0 Å². The molecule has 1 aliphatic heterocycles. The number of benzene rings is 1. The number of carbonyl (C=O) groups is 1. The average molecular weight is 399 g/mol. The third-order valence-corrected chi connectivity index (χ3v) is 6.06. The Morgan fingerprint density at radius 3 is 2.59 bits per heavy atom. The number of carbonyl (C=O) groups excluding carboxylic acids is 1. The highest BCUT2D eigenvalue weighted by Crippen LogP contribution is 2.29. The number of aryl methyl sites for hydroxylation is 1. The lowest BCUT2D eigenvalue weighted by Gasteiger charge is -2.27. The molecule has 0 atom stereocenters. The van der Waals surface area contributed by atoms with Gasteiger partial charge in [-0.1, -0.05) is 47.9 Å². The molecule has 4 rings (SSSR count). The minimum atomic E-state index is 0.131. The normalized spacial score (nSPS) is 13.6. The van der Waals surface area contributed by atoms with Crippen molar-refractivity contribution in [2.24, 2.45) is 0 Å². The largest absolute Gasteiger partial charge is 0.337 e. The van der Waals surface area contributed by atoms with E-state index in [-0.39, 0.29) is 5.91 Å². The molecule has 29 heavy (non-hydrogen) atoms. The second kappa shape index (κ2) is 8.89. The van der Waals surface area contributed by atoms with Gasteiger partial charge in [-0.15, -0.1) is 11.3 Å². The van der Waals surface area contributed by atoms with Crippen molar-refractivity contribution in [3.8, 4) is 22.3 Å². The number of aromatic nitrogens is 1. The van der Waals surface area contributed by atoms with Crippen LogP contribution in [0.15, 0.2) is 72.3 Å². The van der Waals surface area contributed by atoms with Gasteiger partial charge in [0.1, 0.15) is 5.69 Å². The maximum Gasteiger partial charge on any atom is 0.263 e. The monoisotopic (exact) mass is 398 g/mol. The van der Waals surface area contributed by atoms with Gasteiger partial charge in [-0.3, -0.25) is 4.79 Å². The van der Waals surface area contributed by atoms with Crippen molar-refractivity contribution in [2.75, 3.05) is 13.1 Å². The summed E-state index contributed by atoms with van der Waals surface area (Å²) in [5, 5.41) is 0. The van der Waals surface area contributed by atoms with Crippen LogP contribution in [0.25, 0.3) is 10.4 Å². The summed E-state index contributed by atoms with van der Waals surface area (Å²) in [6, 6.07) is 20.0. The molecular weight excluding hydrogens is 376 g/mol. The second-order valence-electron chi connectivity index (χ2n) is 7.06. The van der Waals surface area contributed by atoms with Gasteiger partial charge in [0.15, 0.2) is 0 Å². The number of hydrogen-bond donors (Lipinski definition) is 0. The van der Waals surface area contributed by atoms with Crippen LogP contribution < -0.4 is 0 Å². The topological polar surface area (TPSA) is 33.2 Å². The highest BCUT2D eigenvalue weighted by Gasteiger charge is 2.21. The first-order valence-corrected chi connectivity index (χ1v) is 10.6. The highest BCUT2D eigenvalue weighted by atomic mass is 32.1. The Morgan fingerprint density at radius 2 is 1.83 bits per heavy atom. The van der Waals surface area contributed by atoms with Crippen molar-refractivity contribution >= 4 is 17.2 Å². The molecule has 3 heterocycles. The Kier molecular flexibility index (Phi) is 5.88. The van der Waals surface area contributed by atoms with Crippen LogP contribution in [0.5, 0.6) is 0 Å². The molecule has 0 spiro atoms. The van der Waals surface area contributed by atoms with Crippen LogP contribution in [0.2, 0.25) is 0 Å². The molecule has 3 aromatic rings. The van der Waals surface area contributed by atoms with Crippen molar-refractivity contribution in [1.82, 2.24) is 9.88 Å². The molecule has 1 aromatic carbocycles. The zero-order valence-electron chi connectivity index (χ0n) is 16.4. The fourth-order valence-electron chi connectivity index (χ4n) is 3.33. The van der Waals surface area contributed by atoms with Crippen LogP contribution in [-0.4, -0.2) is 28.9 Å². The molecule has 1 amide bonds. The van der Waals surface area contributed by atoms with Gasteiger partial charge < -0.3 is 4.90 Å². The number of hydrogen-bond acceptors (Lipinski definition) is 3. The lowest BCUT2D eigenvalue weighted by Crippen LogP contribution is -2.35. The van der Waals surface area contributed by atoms with Crippen LogP contribution >= 0.6 is 11.3 Å². The lowest BCUT2D eigenvalue weighted by molar-refractivity contribution is 0.0748. The average Bonchev–Trinajstić information content (AvgIpc) is 3.25. The molecule has 144 valence electrons. The molecule has 0 aliphatic carbocycles. The summed E-state index contributed by atoms with van der Waals surface area (Å²) >= 11 is 1.57. The van der Waals surface area contributed by atoms with Crippen LogP contribution in [0, 0.1) is 18.8 Å². The van der Waals surface area contributed by atoms with Crippen LogP contribution in [0.1, 0.15) is 33.9 Å². The Labute approximate surface area is 175 Å². The van der Waals surface area contributed by atoms with E-state index in [9.17, 15) is 4.79 Å². The number of rotatable bonds is 2. The molecule has 0 bridgehead atoms. The molecular formula is C25H22N2OS. The number of pyridine rings is 1. The summed E-state index contributed by atoms with van der Waals surface area (Å²) in [7, 11) is 0. The first-order valence-electron chi connectivity index (χ1n) is 9.77. The second-order valence-corrected chi connectivity index (χ2v) is 8.14. The van der Waals surface area contributed by atoms with Crippen molar-refractivity contribution in [1.29, 1.82) is 0 Å². The molecule has 4 heteroatoms. The number of likely N-dealkylation sites (tertiary alicyclic amines) is 1. The van der Waals surface area contributed by atoms with Crippen LogP contribution in [0.4, 0.5) is 0 Å². The first-order chi connectivity index (χ1) is 14.2. The van der Waals surface area contributed by atoms with E-state index in [1.165, 1.54) is 5.57 Å². The van der Waals surface area contributed by atoms with Gasteiger partial charge in [0.05, 0.1) is 4.88 Å². The Hall–Kier alpha value is -3.16. The number of piperidine rings is 1. The van der Waals surface area contributed by atoms with Gasteiger partial charge in [0.2, 0.25) is 0 Å². The lowest BCUT2D eigenvalue weighted by atomic mass is 10.0. The van der Waals surface area contributed by atoms with Gasteiger partial charge >= 0.3 is 0 Å². The van der Waals surface area contributed by atoms with Crippen molar-refractivity contribution < 1.29 is 4.79 Å². The third-order valence-electron chi connectivity index (χ3n) is 4.93. The maximum absolute atomic E-state index is 12.9. The molecule has 0 saturated carbocycles. The number of thiophene rings is 1. The zero-order chi connectivity index (χ0) is 20.1. The molecule has 0 radical (unpaired) electrons. The summed E-state index contributed by atoms with van der Waals surface area (Å²) in [5.41, 5.74) is 4.22. The van der Waals surface area contributed by atoms with E-state index in [0.29, 0.717) is 0 Å². The summed E-state index contributed by atoms with van der Waals surface area (Å²) in [4.78, 5) is 21.1. The zero-order valence-corrected chi connectivity index (χ0v) is 17.2. The molecule has 1 saturated heterocycles. The number of nitrogens with zero attached hydrogens (tertiary/aromatic N) is 2. The first kappa shape index (κ1) is 19.2. The fraction of sp³-hybridized carbons (Fsp3) is 0.200. The molecule has 1 aliphatic rings. The third kappa shape index (κ3) is 4.82. The maximum atomic E-state index is 12.9. The fourth-order valence-corrected chi connectivity index (χ4v) is 4.31. The SMILES string of the molecule is Cc1cccc(C#CC=C2CCN(C(=O)c3ccc(-c4ccccc4)s3)CC2)n1. The van der Waals surface area contributed by atoms with E-state index >= 15 is 0 Å². The smallest absolute Gasteiger partial charge is 0.263 e. The Bertz CT molecular complexity index is 1090. The van der Waals surface area contributed by atoms with Gasteiger partial charge in [-0.25, -0.2) is 4.98 Å².